The zero-order chi connectivity index (χ0) is 18.4. The normalized spacial score (nSPS) is 16.9. The minimum atomic E-state index is -0.236. The topological polar surface area (TPSA) is 68.9 Å². The highest BCUT2D eigenvalue weighted by Crippen LogP contribution is 2.35. The summed E-state index contributed by atoms with van der Waals surface area (Å²) < 4.78 is 24.0. The summed E-state index contributed by atoms with van der Waals surface area (Å²) >= 11 is 0. The van der Waals surface area contributed by atoms with Crippen molar-refractivity contribution >= 4 is 11.6 Å². The Kier molecular flexibility index (Phi) is 5.73. The minimum Gasteiger partial charge on any atom is -0.497 e. The molecule has 0 radical (unpaired) electrons. The minimum absolute atomic E-state index is 0.182. The van der Waals surface area contributed by atoms with Gasteiger partial charge in [0.25, 0.3) is 0 Å². The van der Waals surface area contributed by atoms with Gasteiger partial charge in [-0.05, 0) is 54.8 Å². The maximum Gasteiger partial charge on any atom is 0.193 e. The number of nitrogens with zero attached hydrogens (tertiary/aromatic N) is 1. The molecule has 3 N–H and O–H groups in total. The number of guanidine groups is 1. The number of methoxy groups -OCH3 is 1. The molecule has 0 bridgehead atoms. The lowest BCUT2D eigenvalue weighted by molar-refractivity contribution is 0.0531. The fraction of sp³-hybridized carbons (Fsp3) is 0.350. The number of hydrogen-bond donors (Lipinski definition) is 2. The largest absolute Gasteiger partial charge is 0.497 e. The highest BCUT2D eigenvalue weighted by Gasteiger charge is 2.34. The van der Waals surface area contributed by atoms with Crippen LogP contribution in [0.25, 0.3) is 0 Å². The van der Waals surface area contributed by atoms with E-state index in [2.05, 4.69) is 10.3 Å². The molecule has 2 aromatic carbocycles. The molecule has 1 aliphatic heterocycles. The molecule has 0 aromatic heterocycles. The van der Waals surface area contributed by atoms with E-state index in [1.165, 1.54) is 12.1 Å². The van der Waals surface area contributed by atoms with Gasteiger partial charge >= 0.3 is 0 Å². The van der Waals surface area contributed by atoms with Gasteiger partial charge in [0.15, 0.2) is 5.96 Å². The van der Waals surface area contributed by atoms with Crippen LogP contribution in [0.1, 0.15) is 18.4 Å². The number of ether oxygens (including phenoxy) is 2. The van der Waals surface area contributed by atoms with E-state index in [9.17, 15) is 4.39 Å². The second-order valence-electron chi connectivity index (χ2n) is 6.45. The number of halogens is 1. The van der Waals surface area contributed by atoms with Crippen molar-refractivity contribution in [1.29, 1.82) is 0 Å². The molecule has 0 spiro atoms. The Morgan fingerprint density at radius 3 is 2.42 bits per heavy atom. The molecule has 1 heterocycles. The van der Waals surface area contributed by atoms with Gasteiger partial charge in [-0.25, -0.2) is 4.39 Å². The average molecular weight is 357 g/mol. The number of anilines is 1. The summed E-state index contributed by atoms with van der Waals surface area (Å²) in [7, 11) is 1.63. The van der Waals surface area contributed by atoms with Crippen LogP contribution < -0.4 is 15.8 Å². The smallest absolute Gasteiger partial charge is 0.193 e. The average Bonchev–Trinajstić information content (AvgIpc) is 2.68. The van der Waals surface area contributed by atoms with Crippen molar-refractivity contribution in [2.24, 2.45) is 10.7 Å². The van der Waals surface area contributed by atoms with E-state index in [1.807, 2.05) is 36.4 Å². The van der Waals surface area contributed by atoms with E-state index >= 15 is 0 Å². The summed E-state index contributed by atoms with van der Waals surface area (Å²) in [4.78, 5) is 4.56. The summed E-state index contributed by atoms with van der Waals surface area (Å²) in [5.74, 6) is 0.895. The predicted octanol–water partition coefficient (Wildman–Crippen LogP) is 3.31. The Hall–Kier alpha value is -2.60. The Labute approximate surface area is 153 Å². The third-order valence-electron chi connectivity index (χ3n) is 4.82. The van der Waals surface area contributed by atoms with Crippen LogP contribution in [0.3, 0.4) is 0 Å². The first-order valence-corrected chi connectivity index (χ1v) is 8.66. The molecule has 5 nitrogen and oxygen atoms in total. The Balaban J connectivity index is 1.73. The zero-order valence-electron chi connectivity index (χ0n) is 14.9. The quantitative estimate of drug-likeness (QED) is 0.636. The Bertz CT molecular complexity index is 739. The predicted molar refractivity (Wildman–Crippen MR) is 101 cm³/mol. The molecular weight excluding hydrogens is 333 g/mol. The van der Waals surface area contributed by atoms with Crippen molar-refractivity contribution in [1.82, 2.24) is 0 Å². The van der Waals surface area contributed by atoms with E-state index in [4.69, 9.17) is 15.2 Å². The van der Waals surface area contributed by atoms with E-state index < -0.39 is 0 Å². The van der Waals surface area contributed by atoms with Gasteiger partial charge in [-0.15, -0.1) is 0 Å². The lowest BCUT2D eigenvalue weighted by Crippen LogP contribution is -2.38. The molecule has 0 atom stereocenters. The zero-order valence-corrected chi connectivity index (χ0v) is 14.9. The van der Waals surface area contributed by atoms with Gasteiger partial charge < -0.3 is 20.5 Å². The summed E-state index contributed by atoms with van der Waals surface area (Å²) in [6.07, 6.45) is 1.66. The van der Waals surface area contributed by atoms with Crippen LogP contribution >= 0.6 is 0 Å². The lowest BCUT2D eigenvalue weighted by atomic mass is 9.74. The molecule has 1 aliphatic rings. The fourth-order valence-electron chi connectivity index (χ4n) is 3.20. The Morgan fingerprint density at radius 1 is 1.15 bits per heavy atom. The summed E-state index contributed by atoms with van der Waals surface area (Å²) in [5.41, 5.74) is 7.80. The van der Waals surface area contributed by atoms with Crippen LogP contribution in [0.5, 0.6) is 5.75 Å². The highest BCUT2D eigenvalue weighted by atomic mass is 19.1. The third-order valence-corrected chi connectivity index (χ3v) is 4.82. The van der Waals surface area contributed by atoms with Crippen LogP contribution in [0.2, 0.25) is 0 Å². The molecule has 2 aromatic rings. The fourth-order valence-corrected chi connectivity index (χ4v) is 3.20. The lowest BCUT2D eigenvalue weighted by Gasteiger charge is -2.36. The van der Waals surface area contributed by atoms with Crippen molar-refractivity contribution in [3.05, 3.63) is 59.9 Å². The van der Waals surface area contributed by atoms with Gasteiger partial charge in [-0.3, -0.25) is 4.99 Å². The molecule has 26 heavy (non-hydrogen) atoms. The van der Waals surface area contributed by atoms with Gasteiger partial charge in [0.05, 0.1) is 13.7 Å². The second-order valence-corrected chi connectivity index (χ2v) is 6.45. The van der Waals surface area contributed by atoms with Crippen molar-refractivity contribution in [2.45, 2.75) is 18.3 Å². The first-order chi connectivity index (χ1) is 12.6. The van der Waals surface area contributed by atoms with Crippen molar-refractivity contribution in [3.63, 3.8) is 0 Å². The standard InChI is InChI=1S/C20H24FN3O2/c1-25-18-8-6-17(7-9-18)24-19(22)23-14-20(10-12-26-13-11-20)15-2-4-16(21)5-3-15/h2-9H,10-14H2,1H3,(H3,22,23,24). The van der Waals surface area contributed by atoms with Crippen LogP contribution in [0, 0.1) is 5.82 Å². The Morgan fingerprint density at radius 2 is 1.81 bits per heavy atom. The van der Waals surface area contributed by atoms with Crippen LogP contribution in [0.15, 0.2) is 53.5 Å². The number of benzene rings is 2. The maximum absolute atomic E-state index is 13.3. The van der Waals surface area contributed by atoms with Gasteiger partial charge in [0.2, 0.25) is 0 Å². The third kappa shape index (κ3) is 4.32. The van der Waals surface area contributed by atoms with Gasteiger partial charge in [-0.1, -0.05) is 12.1 Å². The molecule has 0 saturated carbocycles. The van der Waals surface area contributed by atoms with Crippen LogP contribution in [-0.2, 0) is 10.2 Å². The number of nitrogens with one attached hydrogen (secondary N) is 1. The number of aliphatic imine (C=N–C) groups is 1. The van der Waals surface area contributed by atoms with E-state index in [0.717, 1.165) is 29.8 Å². The number of hydrogen-bond acceptors (Lipinski definition) is 3. The van der Waals surface area contributed by atoms with Crippen LogP contribution in [-0.4, -0.2) is 32.8 Å². The highest BCUT2D eigenvalue weighted by molar-refractivity contribution is 5.92. The first kappa shape index (κ1) is 18.2. The first-order valence-electron chi connectivity index (χ1n) is 8.66. The van der Waals surface area contributed by atoms with Crippen LogP contribution in [0.4, 0.5) is 10.1 Å². The maximum atomic E-state index is 13.3. The van der Waals surface area contributed by atoms with Gasteiger partial charge in [0, 0.05) is 24.3 Å². The summed E-state index contributed by atoms with van der Waals surface area (Å²) in [6, 6.07) is 14.1. The molecule has 138 valence electrons. The summed E-state index contributed by atoms with van der Waals surface area (Å²) in [5, 5.41) is 3.09. The van der Waals surface area contributed by atoms with E-state index in [1.54, 1.807) is 7.11 Å². The molecule has 1 saturated heterocycles. The summed E-state index contributed by atoms with van der Waals surface area (Å²) in [6.45, 7) is 1.86. The molecule has 0 aliphatic carbocycles. The van der Waals surface area contributed by atoms with Gasteiger partial charge in [-0.2, -0.15) is 0 Å². The molecule has 0 amide bonds. The SMILES string of the molecule is COc1ccc(NC(N)=NCC2(c3ccc(F)cc3)CCOCC2)cc1. The molecule has 1 fully saturated rings. The molecule has 3 rings (SSSR count). The van der Waals surface area contributed by atoms with Crippen molar-refractivity contribution in [2.75, 3.05) is 32.2 Å². The van der Waals surface area contributed by atoms with Gasteiger partial charge in [0.1, 0.15) is 11.6 Å². The molecule has 6 heteroatoms. The molecule has 0 unspecified atom stereocenters. The monoisotopic (exact) mass is 357 g/mol. The second kappa shape index (κ2) is 8.19. The molecular formula is C20H24FN3O2. The number of rotatable bonds is 5. The van der Waals surface area contributed by atoms with E-state index in [-0.39, 0.29) is 11.2 Å². The van der Waals surface area contributed by atoms with Crippen molar-refractivity contribution in [3.8, 4) is 5.75 Å². The number of nitrogens with two attached hydrogens (primary N) is 1. The van der Waals surface area contributed by atoms with E-state index in [0.29, 0.717) is 25.7 Å². The van der Waals surface area contributed by atoms with Crippen molar-refractivity contribution < 1.29 is 13.9 Å².